The van der Waals surface area contributed by atoms with Gasteiger partial charge in [0.25, 0.3) is 0 Å². The maximum atomic E-state index is 5.95. The van der Waals surface area contributed by atoms with E-state index in [2.05, 4.69) is 27.2 Å². The second-order valence-corrected chi connectivity index (χ2v) is 5.66. The van der Waals surface area contributed by atoms with Crippen molar-refractivity contribution in [3.05, 3.63) is 5.28 Å². The highest BCUT2D eigenvalue weighted by Crippen LogP contribution is 2.29. The third-order valence-corrected chi connectivity index (χ3v) is 3.91. The summed E-state index contributed by atoms with van der Waals surface area (Å²) in [6.45, 7) is 2.25. The zero-order valence-corrected chi connectivity index (χ0v) is 12.6. The van der Waals surface area contributed by atoms with E-state index in [4.69, 9.17) is 11.6 Å². The van der Waals surface area contributed by atoms with E-state index >= 15 is 0 Å². The van der Waals surface area contributed by atoms with E-state index in [9.17, 15) is 0 Å². The van der Waals surface area contributed by atoms with Gasteiger partial charge in [-0.05, 0) is 30.4 Å². The number of aromatic nitrogens is 3. The molecule has 1 aromatic heterocycles. The van der Waals surface area contributed by atoms with Gasteiger partial charge < -0.3 is 10.2 Å². The quantitative estimate of drug-likeness (QED) is 0.921. The summed E-state index contributed by atoms with van der Waals surface area (Å²) in [5.74, 6) is 1.88. The second-order valence-electron chi connectivity index (χ2n) is 5.33. The van der Waals surface area contributed by atoms with Crippen molar-refractivity contribution in [3.63, 3.8) is 0 Å². The molecule has 1 aliphatic carbocycles. The highest BCUT2D eigenvalue weighted by Gasteiger charge is 2.24. The Balaban J connectivity index is 2.13. The Morgan fingerprint density at radius 1 is 1.21 bits per heavy atom. The predicted molar refractivity (Wildman–Crippen MR) is 78.8 cm³/mol. The number of anilines is 2. The van der Waals surface area contributed by atoms with Crippen molar-refractivity contribution in [2.45, 2.75) is 45.1 Å². The molecule has 1 aromatic rings. The third-order valence-electron chi connectivity index (χ3n) is 3.74. The fourth-order valence-corrected chi connectivity index (χ4v) is 2.81. The Labute approximate surface area is 119 Å². The smallest absolute Gasteiger partial charge is 0.230 e. The van der Waals surface area contributed by atoms with Gasteiger partial charge in [0.05, 0.1) is 0 Å². The first kappa shape index (κ1) is 14.3. The molecule has 19 heavy (non-hydrogen) atoms. The summed E-state index contributed by atoms with van der Waals surface area (Å²) in [6.07, 6.45) is 6.26. The van der Waals surface area contributed by atoms with Crippen LogP contribution in [0.4, 0.5) is 11.9 Å². The number of hydrogen-bond acceptors (Lipinski definition) is 5. The van der Waals surface area contributed by atoms with Crippen LogP contribution in [-0.4, -0.2) is 35.1 Å². The molecule has 0 amide bonds. The Bertz CT molecular complexity index is 423. The molecule has 2 unspecified atom stereocenters. The molecule has 6 heteroatoms. The molecule has 0 radical (unpaired) electrons. The molecule has 1 heterocycles. The van der Waals surface area contributed by atoms with Crippen molar-refractivity contribution in [1.29, 1.82) is 0 Å². The van der Waals surface area contributed by atoms with Gasteiger partial charge in [-0.25, -0.2) is 0 Å². The van der Waals surface area contributed by atoms with E-state index in [1.807, 2.05) is 19.0 Å². The number of nitrogens with one attached hydrogen (secondary N) is 1. The summed E-state index contributed by atoms with van der Waals surface area (Å²) in [5, 5.41) is 3.69. The third kappa shape index (κ3) is 3.69. The van der Waals surface area contributed by atoms with E-state index in [0.717, 1.165) is 0 Å². The van der Waals surface area contributed by atoms with Crippen LogP contribution in [0.2, 0.25) is 5.28 Å². The Hall–Kier alpha value is -1.10. The van der Waals surface area contributed by atoms with Gasteiger partial charge in [0, 0.05) is 20.1 Å². The lowest BCUT2D eigenvalue weighted by atomic mass is 9.83. The van der Waals surface area contributed by atoms with E-state index in [1.54, 1.807) is 0 Å². The van der Waals surface area contributed by atoms with Gasteiger partial charge in [0.15, 0.2) is 0 Å². The van der Waals surface area contributed by atoms with Gasteiger partial charge in [-0.3, -0.25) is 0 Å². The van der Waals surface area contributed by atoms with Gasteiger partial charge in [-0.2, -0.15) is 15.0 Å². The fraction of sp³-hybridized carbons (Fsp3) is 0.769. The molecule has 5 nitrogen and oxygen atoms in total. The predicted octanol–water partition coefficient (Wildman–Crippen LogP) is 2.97. The van der Waals surface area contributed by atoms with E-state index in [0.29, 0.717) is 23.9 Å². The first-order valence-corrected chi connectivity index (χ1v) is 7.33. The Morgan fingerprint density at radius 3 is 2.63 bits per heavy atom. The normalized spacial score (nSPS) is 23.2. The summed E-state index contributed by atoms with van der Waals surface area (Å²) in [4.78, 5) is 14.5. The van der Waals surface area contributed by atoms with E-state index in [-0.39, 0.29) is 5.28 Å². The van der Waals surface area contributed by atoms with Crippen molar-refractivity contribution in [3.8, 4) is 0 Å². The molecule has 0 aromatic carbocycles. The summed E-state index contributed by atoms with van der Waals surface area (Å²) >= 11 is 5.95. The zero-order valence-electron chi connectivity index (χ0n) is 11.9. The van der Waals surface area contributed by atoms with Crippen molar-refractivity contribution in [1.82, 2.24) is 15.0 Å². The molecule has 1 N–H and O–H groups in total. The lowest BCUT2D eigenvalue weighted by Crippen LogP contribution is -2.32. The average molecular weight is 284 g/mol. The summed E-state index contributed by atoms with van der Waals surface area (Å²) in [6, 6.07) is 0.451. The van der Waals surface area contributed by atoms with Crippen LogP contribution >= 0.6 is 11.6 Å². The molecular formula is C13H22ClN5. The van der Waals surface area contributed by atoms with Crippen LogP contribution in [0.15, 0.2) is 0 Å². The zero-order chi connectivity index (χ0) is 13.8. The average Bonchev–Trinajstić information content (AvgIpc) is 2.38. The molecule has 1 aliphatic rings. The molecule has 0 bridgehead atoms. The van der Waals surface area contributed by atoms with Gasteiger partial charge in [0.2, 0.25) is 17.2 Å². The van der Waals surface area contributed by atoms with E-state index in [1.165, 1.54) is 32.1 Å². The molecule has 106 valence electrons. The van der Waals surface area contributed by atoms with Crippen LogP contribution in [0.5, 0.6) is 0 Å². The van der Waals surface area contributed by atoms with Crippen molar-refractivity contribution in [2.24, 2.45) is 5.92 Å². The first-order chi connectivity index (χ1) is 9.10. The van der Waals surface area contributed by atoms with Crippen LogP contribution in [0, 0.1) is 5.92 Å². The van der Waals surface area contributed by atoms with Gasteiger partial charge >= 0.3 is 0 Å². The van der Waals surface area contributed by atoms with Gasteiger partial charge in [0.1, 0.15) is 0 Å². The number of rotatable bonds is 4. The van der Waals surface area contributed by atoms with Crippen molar-refractivity contribution >= 4 is 23.5 Å². The molecule has 0 saturated heterocycles. The van der Waals surface area contributed by atoms with Crippen LogP contribution < -0.4 is 10.2 Å². The number of nitrogens with zero attached hydrogens (tertiary/aromatic N) is 4. The monoisotopic (exact) mass is 283 g/mol. The summed E-state index contributed by atoms with van der Waals surface area (Å²) < 4.78 is 0. The molecule has 2 atom stereocenters. The minimum Gasteiger partial charge on any atom is -0.351 e. The first-order valence-electron chi connectivity index (χ1n) is 6.95. The minimum absolute atomic E-state index is 0.241. The summed E-state index contributed by atoms with van der Waals surface area (Å²) in [5.41, 5.74) is 0. The molecule has 0 spiro atoms. The summed E-state index contributed by atoms with van der Waals surface area (Å²) in [7, 11) is 3.79. The van der Waals surface area contributed by atoms with Gasteiger partial charge in [-0.15, -0.1) is 0 Å². The fourth-order valence-electron chi connectivity index (χ4n) is 2.66. The SMILES string of the molecule is CCC1CCCCC1Nc1nc(Cl)nc(N(C)C)n1. The highest BCUT2D eigenvalue weighted by molar-refractivity contribution is 6.28. The lowest BCUT2D eigenvalue weighted by molar-refractivity contribution is 0.316. The van der Waals surface area contributed by atoms with Crippen LogP contribution in [0.3, 0.4) is 0 Å². The standard InChI is InChI=1S/C13H22ClN5/c1-4-9-7-5-6-8-10(9)15-12-16-11(14)17-13(18-12)19(2)3/h9-10H,4-8H2,1-3H3,(H,15,16,17,18). The largest absolute Gasteiger partial charge is 0.351 e. The molecule has 0 aliphatic heterocycles. The lowest BCUT2D eigenvalue weighted by Gasteiger charge is -2.31. The van der Waals surface area contributed by atoms with Crippen molar-refractivity contribution in [2.75, 3.05) is 24.3 Å². The molecule has 1 fully saturated rings. The minimum atomic E-state index is 0.241. The molecule has 1 saturated carbocycles. The number of hydrogen-bond donors (Lipinski definition) is 1. The Kier molecular flexibility index (Phi) is 4.80. The van der Waals surface area contributed by atoms with Crippen LogP contribution in [-0.2, 0) is 0 Å². The van der Waals surface area contributed by atoms with Crippen molar-refractivity contribution < 1.29 is 0 Å². The molecule has 2 rings (SSSR count). The second kappa shape index (κ2) is 6.37. The maximum Gasteiger partial charge on any atom is 0.230 e. The topological polar surface area (TPSA) is 53.9 Å². The van der Waals surface area contributed by atoms with Crippen LogP contribution in [0.1, 0.15) is 39.0 Å². The van der Waals surface area contributed by atoms with Crippen LogP contribution in [0.25, 0.3) is 0 Å². The van der Waals surface area contributed by atoms with Gasteiger partial charge in [-0.1, -0.05) is 26.2 Å². The maximum absolute atomic E-state index is 5.95. The van der Waals surface area contributed by atoms with E-state index < -0.39 is 0 Å². The Morgan fingerprint density at radius 2 is 1.95 bits per heavy atom. The highest BCUT2D eigenvalue weighted by atomic mass is 35.5. The molecular weight excluding hydrogens is 262 g/mol. The number of halogens is 1.